The third-order valence-electron chi connectivity index (χ3n) is 1.75. The minimum atomic E-state index is 0.579. The maximum absolute atomic E-state index is 8.81. The molecule has 0 aliphatic carbocycles. The van der Waals surface area contributed by atoms with Crippen LogP contribution in [0.3, 0.4) is 0 Å². The molecule has 0 aliphatic heterocycles. The van der Waals surface area contributed by atoms with E-state index < -0.39 is 0 Å². The predicted molar refractivity (Wildman–Crippen MR) is 50.9 cm³/mol. The number of nitrogens with one attached hydrogen (secondary N) is 1. The van der Waals surface area contributed by atoms with Crippen molar-refractivity contribution in [3.63, 3.8) is 0 Å². The lowest BCUT2D eigenvalue weighted by Gasteiger charge is -2.02. The van der Waals surface area contributed by atoms with Crippen LogP contribution in [-0.2, 0) is 0 Å². The van der Waals surface area contributed by atoms with E-state index in [9.17, 15) is 0 Å². The first-order valence-corrected chi connectivity index (χ1v) is 4.06. The summed E-state index contributed by atoms with van der Waals surface area (Å²) in [6.07, 6.45) is 1.47. The second kappa shape index (κ2) is 3.62. The van der Waals surface area contributed by atoms with Gasteiger partial charge in [0, 0.05) is 6.07 Å². The Hall–Kier alpha value is -2.28. The van der Waals surface area contributed by atoms with Gasteiger partial charge in [0.1, 0.15) is 12.3 Å². The normalized spacial score (nSPS) is 9.36. The van der Waals surface area contributed by atoms with Crippen LogP contribution in [0.25, 0.3) is 0 Å². The smallest absolute Gasteiger partial charge is 0.173 e. The molecule has 0 unspecified atom stereocenters. The van der Waals surface area contributed by atoms with Crippen molar-refractivity contribution >= 4 is 11.5 Å². The van der Waals surface area contributed by atoms with Gasteiger partial charge in [-0.25, -0.2) is 0 Å². The summed E-state index contributed by atoms with van der Waals surface area (Å²) in [7, 11) is 0. The standard InChI is InChI=1S/C10H7N3O/c11-7-8-3-1-2-4-9(8)12-10-5-6-14-13-10/h1-6H,(H,12,13). The van der Waals surface area contributed by atoms with Crippen molar-refractivity contribution in [3.05, 3.63) is 42.2 Å². The van der Waals surface area contributed by atoms with Crippen LogP contribution in [0.5, 0.6) is 0 Å². The van der Waals surface area contributed by atoms with Crippen molar-refractivity contribution in [2.75, 3.05) is 5.32 Å². The SMILES string of the molecule is N#Cc1ccccc1Nc1ccon1. The third-order valence-corrected chi connectivity index (χ3v) is 1.75. The van der Waals surface area contributed by atoms with E-state index in [-0.39, 0.29) is 0 Å². The zero-order valence-electron chi connectivity index (χ0n) is 7.27. The highest BCUT2D eigenvalue weighted by Crippen LogP contribution is 2.18. The highest BCUT2D eigenvalue weighted by molar-refractivity contribution is 5.63. The minimum absolute atomic E-state index is 0.579. The van der Waals surface area contributed by atoms with E-state index >= 15 is 0 Å². The monoisotopic (exact) mass is 185 g/mol. The second-order valence-corrected chi connectivity index (χ2v) is 2.67. The molecule has 4 heteroatoms. The molecule has 2 rings (SSSR count). The van der Waals surface area contributed by atoms with E-state index in [1.165, 1.54) is 6.26 Å². The van der Waals surface area contributed by atoms with Crippen molar-refractivity contribution in [2.24, 2.45) is 0 Å². The molecule has 2 aromatic rings. The molecular weight excluding hydrogens is 178 g/mol. The zero-order valence-corrected chi connectivity index (χ0v) is 7.27. The van der Waals surface area contributed by atoms with Gasteiger partial charge in [-0.15, -0.1) is 0 Å². The zero-order chi connectivity index (χ0) is 9.80. The number of para-hydroxylation sites is 1. The van der Waals surface area contributed by atoms with Crippen molar-refractivity contribution in [1.82, 2.24) is 5.16 Å². The van der Waals surface area contributed by atoms with Crippen LogP contribution in [0.15, 0.2) is 41.1 Å². The molecule has 1 aromatic heterocycles. The molecule has 1 aromatic carbocycles. The van der Waals surface area contributed by atoms with E-state index in [0.717, 1.165) is 5.69 Å². The van der Waals surface area contributed by atoms with Crippen molar-refractivity contribution in [3.8, 4) is 6.07 Å². The average Bonchev–Trinajstić information content (AvgIpc) is 2.71. The van der Waals surface area contributed by atoms with Crippen molar-refractivity contribution in [2.45, 2.75) is 0 Å². The van der Waals surface area contributed by atoms with Gasteiger partial charge in [-0.1, -0.05) is 17.3 Å². The van der Waals surface area contributed by atoms with Gasteiger partial charge in [0.2, 0.25) is 0 Å². The van der Waals surface area contributed by atoms with Gasteiger partial charge < -0.3 is 9.84 Å². The Labute approximate surface area is 80.8 Å². The van der Waals surface area contributed by atoms with Crippen molar-refractivity contribution < 1.29 is 4.52 Å². The molecule has 4 nitrogen and oxygen atoms in total. The van der Waals surface area contributed by atoms with Gasteiger partial charge in [0.15, 0.2) is 5.82 Å². The van der Waals surface area contributed by atoms with Gasteiger partial charge in [-0.05, 0) is 12.1 Å². The number of hydrogen-bond acceptors (Lipinski definition) is 4. The minimum Gasteiger partial charge on any atom is -0.363 e. The number of aromatic nitrogens is 1. The topological polar surface area (TPSA) is 61.9 Å². The second-order valence-electron chi connectivity index (χ2n) is 2.67. The summed E-state index contributed by atoms with van der Waals surface area (Å²) in [5, 5.41) is 15.5. The van der Waals surface area contributed by atoms with E-state index in [1.807, 2.05) is 18.2 Å². The number of nitriles is 1. The molecule has 0 fully saturated rings. The predicted octanol–water partition coefficient (Wildman–Crippen LogP) is 2.29. The van der Waals surface area contributed by atoms with Crippen LogP contribution in [0.2, 0.25) is 0 Å². The molecule has 0 radical (unpaired) electrons. The number of anilines is 2. The molecule has 0 spiro atoms. The Balaban J connectivity index is 2.30. The van der Waals surface area contributed by atoms with Crippen LogP contribution in [0.1, 0.15) is 5.56 Å². The molecule has 0 saturated heterocycles. The van der Waals surface area contributed by atoms with Gasteiger partial charge in [-0.3, -0.25) is 0 Å². The first kappa shape index (κ1) is 8.32. The van der Waals surface area contributed by atoms with Gasteiger partial charge in [-0.2, -0.15) is 5.26 Å². The Kier molecular flexibility index (Phi) is 2.15. The Bertz CT molecular complexity index is 456. The van der Waals surface area contributed by atoms with Crippen LogP contribution in [0.4, 0.5) is 11.5 Å². The summed E-state index contributed by atoms with van der Waals surface area (Å²) >= 11 is 0. The summed E-state index contributed by atoms with van der Waals surface area (Å²) in [6.45, 7) is 0. The maximum Gasteiger partial charge on any atom is 0.173 e. The summed E-state index contributed by atoms with van der Waals surface area (Å²) in [5.74, 6) is 0.590. The first-order valence-electron chi connectivity index (χ1n) is 4.06. The van der Waals surface area contributed by atoms with E-state index in [4.69, 9.17) is 5.26 Å². The third kappa shape index (κ3) is 1.57. The summed E-state index contributed by atoms with van der Waals surface area (Å²) in [5.41, 5.74) is 1.31. The lowest BCUT2D eigenvalue weighted by molar-refractivity contribution is 0.423. The van der Waals surface area contributed by atoms with Crippen LogP contribution >= 0.6 is 0 Å². The van der Waals surface area contributed by atoms with Gasteiger partial charge in [0.05, 0.1) is 11.3 Å². The number of hydrogen-bond donors (Lipinski definition) is 1. The number of benzene rings is 1. The Morgan fingerprint density at radius 3 is 2.86 bits per heavy atom. The Morgan fingerprint density at radius 1 is 1.29 bits per heavy atom. The lowest BCUT2D eigenvalue weighted by atomic mass is 10.2. The van der Waals surface area contributed by atoms with Crippen LogP contribution in [-0.4, -0.2) is 5.16 Å². The largest absolute Gasteiger partial charge is 0.363 e. The number of rotatable bonds is 2. The van der Waals surface area contributed by atoms with E-state index in [2.05, 4.69) is 21.1 Å². The van der Waals surface area contributed by atoms with Gasteiger partial charge in [0.25, 0.3) is 0 Å². The van der Waals surface area contributed by atoms with E-state index in [1.54, 1.807) is 12.1 Å². The molecule has 0 atom stereocenters. The highest BCUT2D eigenvalue weighted by atomic mass is 16.5. The fourth-order valence-electron chi connectivity index (χ4n) is 1.10. The molecule has 0 saturated carbocycles. The maximum atomic E-state index is 8.81. The Morgan fingerprint density at radius 2 is 2.14 bits per heavy atom. The fraction of sp³-hybridized carbons (Fsp3) is 0. The van der Waals surface area contributed by atoms with Crippen LogP contribution < -0.4 is 5.32 Å². The fourth-order valence-corrected chi connectivity index (χ4v) is 1.10. The van der Waals surface area contributed by atoms with Crippen LogP contribution in [0, 0.1) is 11.3 Å². The van der Waals surface area contributed by atoms with Gasteiger partial charge >= 0.3 is 0 Å². The number of nitrogens with zero attached hydrogens (tertiary/aromatic N) is 2. The highest BCUT2D eigenvalue weighted by Gasteiger charge is 2.01. The first-order chi connectivity index (χ1) is 6.90. The van der Waals surface area contributed by atoms with Crippen molar-refractivity contribution in [1.29, 1.82) is 5.26 Å². The summed E-state index contributed by atoms with van der Waals surface area (Å²) < 4.78 is 4.66. The quantitative estimate of drug-likeness (QED) is 0.779. The molecular formula is C10H7N3O. The lowest BCUT2D eigenvalue weighted by Crippen LogP contribution is -1.92. The molecule has 1 N–H and O–H groups in total. The average molecular weight is 185 g/mol. The molecule has 0 aliphatic rings. The molecule has 0 bridgehead atoms. The molecule has 0 amide bonds. The summed E-state index contributed by atoms with van der Waals surface area (Å²) in [4.78, 5) is 0. The molecule has 14 heavy (non-hydrogen) atoms. The molecule has 68 valence electrons. The van der Waals surface area contributed by atoms with E-state index in [0.29, 0.717) is 11.4 Å². The molecule has 1 heterocycles. The summed E-state index contributed by atoms with van der Waals surface area (Å²) in [6, 6.07) is 11.0.